The molecule has 0 bridgehead atoms. The van der Waals surface area contributed by atoms with Crippen molar-refractivity contribution in [2.45, 2.75) is 37.2 Å². The molecule has 2 atom stereocenters. The molecule has 0 N–H and O–H groups in total. The zero-order valence-electron chi connectivity index (χ0n) is 14.0. The molecule has 2 rings (SSSR count). The number of benzene rings is 2. The van der Waals surface area contributed by atoms with E-state index in [1.54, 1.807) is 0 Å². The molecule has 0 unspecified atom stereocenters. The van der Waals surface area contributed by atoms with Gasteiger partial charge in [0.1, 0.15) is 0 Å². The molecule has 0 amide bonds. The Hall–Kier alpha value is -0.860. The lowest BCUT2D eigenvalue weighted by atomic mass is 9.82. The van der Waals surface area contributed by atoms with Gasteiger partial charge in [0.15, 0.2) is 0 Å². The van der Waals surface area contributed by atoms with Crippen molar-refractivity contribution in [3.8, 4) is 0 Å². The summed E-state index contributed by atoms with van der Waals surface area (Å²) < 4.78 is 0.0656. The van der Waals surface area contributed by atoms with Crippen LogP contribution in [0, 0.1) is 0 Å². The van der Waals surface area contributed by atoms with Gasteiger partial charge in [-0.2, -0.15) is 0 Å². The topological polar surface area (TPSA) is 0 Å². The van der Waals surface area contributed by atoms with Crippen LogP contribution in [0.2, 0.25) is 0 Å². The molecule has 0 aliphatic rings. The Kier molecular flexibility index (Phi) is 6.05. The molecule has 118 valence electrons. The third-order valence-electron chi connectivity index (χ3n) is 4.43. The first-order valence-corrected chi connectivity index (χ1v) is 9.94. The van der Waals surface area contributed by atoms with E-state index in [2.05, 4.69) is 112 Å². The molecule has 0 saturated carbocycles. The van der Waals surface area contributed by atoms with Gasteiger partial charge in [0.25, 0.3) is 0 Å². The minimum absolute atomic E-state index is 0.0328. The van der Waals surface area contributed by atoms with Crippen LogP contribution < -0.4 is 0 Å². The van der Waals surface area contributed by atoms with Gasteiger partial charge in [0, 0.05) is 0 Å². The lowest BCUT2D eigenvalue weighted by molar-refractivity contribution is 0.516. The molecule has 0 aliphatic heterocycles. The second-order valence-electron chi connectivity index (χ2n) is 5.66. The van der Waals surface area contributed by atoms with Gasteiger partial charge >= 0.3 is 0 Å². The van der Waals surface area contributed by atoms with Crippen molar-refractivity contribution in [1.82, 2.24) is 0 Å². The van der Waals surface area contributed by atoms with E-state index >= 15 is 0 Å². The van der Waals surface area contributed by atoms with E-state index in [0.29, 0.717) is 0 Å². The highest BCUT2D eigenvalue weighted by Gasteiger charge is 2.47. The van der Waals surface area contributed by atoms with Crippen LogP contribution in [0.3, 0.4) is 0 Å². The highest BCUT2D eigenvalue weighted by atomic mass is 32.2. The Balaban J connectivity index is 2.60. The van der Waals surface area contributed by atoms with Gasteiger partial charge in [-0.1, -0.05) is 74.5 Å². The Morgan fingerprint density at radius 2 is 0.955 bits per heavy atom. The van der Waals surface area contributed by atoms with Crippen molar-refractivity contribution in [2.24, 2.45) is 0 Å². The fraction of sp³-hybridized carbons (Fsp3) is 0.400. The van der Waals surface area contributed by atoms with Gasteiger partial charge in [0.2, 0.25) is 0 Å². The van der Waals surface area contributed by atoms with Gasteiger partial charge in [0.05, 0.1) is 9.49 Å². The smallest absolute Gasteiger partial charge is 0.0564 e. The molecule has 0 nitrogen and oxygen atoms in total. The van der Waals surface area contributed by atoms with Gasteiger partial charge in [-0.3, -0.25) is 0 Å². The summed E-state index contributed by atoms with van der Waals surface area (Å²) in [6.07, 6.45) is 0. The molecule has 22 heavy (non-hydrogen) atoms. The Morgan fingerprint density at radius 3 is 1.23 bits per heavy atom. The molecule has 2 aromatic carbocycles. The number of hydrogen-bond acceptors (Lipinski definition) is 2. The van der Waals surface area contributed by atoms with Crippen LogP contribution in [0.15, 0.2) is 60.7 Å². The third-order valence-corrected chi connectivity index (χ3v) is 7.57. The maximum atomic E-state index is 2.41. The van der Waals surface area contributed by atoms with E-state index in [4.69, 9.17) is 0 Å². The molecule has 0 heterocycles. The minimum atomic E-state index is 0.0328. The first-order valence-electron chi connectivity index (χ1n) is 7.97. The van der Waals surface area contributed by atoms with Crippen molar-refractivity contribution in [3.05, 3.63) is 71.8 Å². The van der Waals surface area contributed by atoms with Gasteiger partial charge < -0.3 is 0 Å². The van der Waals surface area contributed by atoms with Crippen LogP contribution in [0.1, 0.15) is 38.8 Å². The molecule has 0 aromatic heterocycles. The summed E-state index contributed by atoms with van der Waals surface area (Å²) in [6, 6.07) is 22.0. The van der Waals surface area contributed by atoms with E-state index in [1.165, 1.54) is 11.1 Å². The fourth-order valence-electron chi connectivity index (χ4n) is 3.08. The summed E-state index contributed by atoms with van der Waals surface area (Å²) in [5.41, 5.74) is 2.82. The number of rotatable bonds is 7. The zero-order chi connectivity index (χ0) is 16.1. The molecule has 0 fully saturated rings. The van der Waals surface area contributed by atoms with Crippen molar-refractivity contribution < 1.29 is 0 Å². The predicted molar refractivity (Wildman–Crippen MR) is 104 cm³/mol. The van der Waals surface area contributed by atoms with Crippen LogP contribution in [-0.4, -0.2) is 11.5 Å². The van der Waals surface area contributed by atoms with Crippen LogP contribution in [0.25, 0.3) is 0 Å². The average Bonchev–Trinajstić information content (AvgIpc) is 2.56. The van der Waals surface area contributed by atoms with E-state index in [0.717, 1.165) is 11.5 Å². The normalized spacial score (nSPS) is 16.7. The van der Waals surface area contributed by atoms with E-state index in [9.17, 15) is 0 Å². The average molecular weight is 331 g/mol. The molecule has 0 radical (unpaired) electrons. The molecule has 0 aliphatic carbocycles. The zero-order valence-corrected chi connectivity index (χ0v) is 15.6. The highest BCUT2D eigenvalue weighted by molar-refractivity contribution is 8.04. The summed E-state index contributed by atoms with van der Waals surface area (Å²) in [7, 11) is 0. The molecule has 2 heteroatoms. The summed E-state index contributed by atoms with van der Waals surface area (Å²) in [4.78, 5) is 0. The second kappa shape index (κ2) is 7.61. The van der Waals surface area contributed by atoms with Gasteiger partial charge in [-0.05, 0) is 36.5 Å². The second-order valence-corrected chi connectivity index (χ2v) is 9.03. The van der Waals surface area contributed by atoms with E-state index in [-0.39, 0.29) is 9.49 Å². The van der Waals surface area contributed by atoms with Crippen LogP contribution in [0.4, 0.5) is 0 Å². The Labute approximate surface area is 144 Å². The fourth-order valence-corrected chi connectivity index (χ4v) is 5.98. The maximum absolute atomic E-state index is 2.41. The molecule has 0 saturated heterocycles. The van der Waals surface area contributed by atoms with Crippen LogP contribution >= 0.6 is 23.5 Å². The number of hydrogen-bond donors (Lipinski definition) is 0. The van der Waals surface area contributed by atoms with E-state index in [1.807, 2.05) is 0 Å². The highest BCUT2D eigenvalue weighted by Crippen LogP contribution is 2.57. The van der Waals surface area contributed by atoms with Crippen molar-refractivity contribution in [1.29, 1.82) is 0 Å². The first-order chi connectivity index (χ1) is 10.6. The monoisotopic (exact) mass is 330 g/mol. The molecule has 2 aromatic rings. The Morgan fingerprint density at radius 1 is 0.636 bits per heavy atom. The van der Waals surface area contributed by atoms with Gasteiger partial charge in [-0.15, -0.1) is 23.5 Å². The molecule has 0 spiro atoms. The standard InChI is InChI=1S/C20H26S2/c1-5-21-19(3,17-13-9-7-10-14-17)20(4,22-6-2)18-15-11-8-12-16-18/h7-16H,5-6H2,1-4H3/t19-,20-/m0/s1. The lowest BCUT2D eigenvalue weighted by Crippen LogP contribution is -2.40. The molecular formula is C20H26S2. The summed E-state index contributed by atoms with van der Waals surface area (Å²) in [5, 5.41) is 0. The van der Waals surface area contributed by atoms with Crippen LogP contribution in [0.5, 0.6) is 0 Å². The quantitative estimate of drug-likeness (QED) is 0.582. The minimum Gasteiger partial charge on any atom is -0.149 e. The first kappa shape index (κ1) is 17.5. The SMILES string of the molecule is CCS[C@@](C)(c1ccccc1)[C@@](C)(SCC)c1ccccc1. The third kappa shape index (κ3) is 3.23. The van der Waals surface area contributed by atoms with Crippen molar-refractivity contribution in [2.75, 3.05) is 11.5 Å². The summed E-state index contributed by atoms with van der Waals surface area (Å²) in [5.74, 6) is 2.22. The largest absolute Gasteiger partial charge is 0.149 e. The number of thioether (sulfide) groups is 2. The van der Waals surface area contributed by atoms with Crippen LogP contribution in [-0.2, 0) is 9.49 Å². The van der Waals surface area contributed by atoms with Crippen molar-refractivity contribution >= 4 is 23.5 Å². The van der Waals surface area contributed by atoms with Gasteiger partial charge in [-0.25, -0.2) is 0 Å². The molecular weight excluding hydrogens is 304 g/mol. The lowest BCUT2D eigenvalue weighted by Gasteiger charge is -2.46. The Bertz CT molecular complexity index is 513. The summed E-state index contributed by atoms with van der Waals surface area (Å²) >= 11 is 4.11. The maximum Gasteiger partial charge on any atom is 0.0564 e. The predicted octanol–water partition coefficient (Wildman–Crippen LogP) is 6.32. The van der Waals surface area contributed by atoms with Crippen molar-refractivity contribution in [3.63, 3.8) is 0 Å². The van der Waals surface area contributed by atoms with E-state index < -0.39 is 0 Å². The summed E-state index contributed by atoms with van der Waals surface area (Å²) in [6.45, 7) is 9.33.